The predicted molar refractivity (Wildman–Crippen MR) is 81.5 cm³/mol. The normalized spacial score (nSPS) is 11.9. The molecule has 2 rings (SSSR count). The smallest absolute Gasteiger partial charge is 0.435 e. The number of anilines is 1. The first-order valence-corrected chi connectivity index (χ1v) is 6.85. The molecule has 0 aliphatic carbocycles. The van der Waals surface area contributed by atoms with E-state index in [1.807, 2.05) is 13.8 Å². The molecule has 0 radical (unpaired) electrons. The average molecular weight is 291 g/mol. The topological polar surface area (TPSA) is 79.4 Å². The number of rotatable bonds is 2. The summed E-state index contributed by atoms with van der Waals surface area (Å²) in [5, 5.41) is 4.75. The van der Waals surface area contributed by atoms with Crippen LogP contribution in [0.1, 0.15) is 34.6 Å². The molecule has 0 atom stereocenters. The van der Waals surface area contributed by atoms with Crippen molar-refractivity contribution in [2.75, 3.05) is 5.73 Å². The molecule has 2 aromatic rings. The number of aromatic nitrogens is 2. The first kappa shape index (κ1) is 15.2. The third kappa shape index (κ3) is 3.45. The van der Waals surface area contributed by atoms with Gasteiger partial charge in [-0.2, -0.15) is 4.68 Å². The molecule has 0 fully saturated rings. The highest BCUT2D eigenvalue weighted by molar-refractivity contribution is 5.95. The van der Waals surface area contributed by atoms with E-state index in [0.29, 0.717) is 16.7 Å². The first-order chi connectivity index (χ1) is 9.67. The van der Waals surface area contributed by atoms with Crippen molar-refractivity contribution in [3.05, 3.63) is 18.2 Å². The molecule has 0 spiro atoms. The lowest BCUT2D eigenvalue weighted by molar-refractivity contribution is 0.0523. The van der Waals surface area contributed by atoms with E-state index in [9.17, 15) is 4.79 Å². The van der Waals surface area contributed by atoms with Gasteiger partial charge in [-0.25, -0.2) is 4.79 Å². The van der Waals surface area contributed by atoms with Crippen LogP contribution in [0.2, 0.25) is 0 Å². The average Bonchev–Trinajstić information content (AvgIpc) is 2.63. The van der Waals surface area contributed by atoms with Crippen molar-refractivity contribution in [2.45, 2.75) is 46.3 Å². The molecule has 114 valence electrons. The fraction of sp³-hybridized carbons (Fsp3) is 0.467. The summed E-state index contributed by atoms with van der Waals surface area (Å²) in [4.78, 5) is 12.2. The number of hydrogen-bond donors (Lipinski definition) is 1. The zero-order valence-corrected chi connectivity index (χ0v) is 13.0. The molecule has 0 amide bonds. The summed E-state index contributed by atoms with van der Waals surface area (Å²) in [6, 6.07) is 5.33. The third-order valence-electron chi connectivity index (χ3n) is 2.62. The van der Waals surface area contributed by atoms with Gasteiger partial charge in [0, 0.05) is 11.5 Å². The van der Waals surface area contributed by atoms with E-state index in [-0.39, 0.29) is 11.9 Å². The van der Waals surface area contributed by atoms with Gasteiger partial charge in [-0.15, -0.1) is 5.10 Å². The van der Waals surface area contributed by atoms with E-state index in [1.165, 1.54) is 4.68 Å². The van der Waals surface area contributed by atoms with Gasteiger partial charge in [-0.3, -0.25) is 0 Å². The van der Waals surface area contributed by atoms with Crippen molar-refractivity contribution >= 4 is 22.8 Å². The van der Waals surface area contributed by atoms with Gasteiger partial charge in [0.25, 0.3) is 0 Å². The molecule has 21 heavy (non-hydrogen) atoms. The quantitative estimate of drug-likeness (QED) is 0.919. The summed E-state index contributed by atoms with van der Waals surface area (Å²) in [6.45, 7) is 9.27. The Bertz CT molecular complexity index is 669. The lowest BCUT2D eigenvalue weighted by Crippen LogP contribution is -2.27. The van der Waals surface area contributed by atoms with Gasteiger partial charge in [0.05, 0.1) is 11.6 Å². The van der Waals surface area contributed by atoms with Gasteiger partial charge in [-0.1, -0.05) is 0 Å². The Labute approximate surface area is 123 Å². The minimum absolute atomic E-state index is 0.0395. The molecule has 1 aromatic heterocycles. The van der Waals surface area contributed by atoms with Crippen molar-refractivity contribution < 1.29 is 14.3 Å². The summed E-state index contributed by atoms with van der Waals surface area (Å²) in [6.07, 6.45) is -0.524. The Balaban J connectivity index is 2.46. The Morgan fingerprint density at radius 3 is 2.57 bits per heavy atom. The number of ether oxygens (including phenoxy) is 2. The Morgan fingerprint density at radius 1 is 1.33 bits per heavy atom. The highest BCUT2D eigenvalue weighted by Gasteiger charge is 2.21. The number of nitrogens with two attached hydrogens (primary N) is 1. The number of fused-ring (bicyclic) bond motifs is 1. The lowest BCUT2D eigenvalue weighted by atomic mass is 10.2. The molecule has 0 aliphatic heterocycles. The standard InChI is InChI=1S/C15H21N3O3/c1-9(2)20-10-6-7-11-12(8-10)18(17-13(11)16)14(19)21-15(3,4)5/h6-9H,1-5H3,(H2,16,17). The molecule has 1 aromatic carbocycles. The van der Waals surface area contributed by atoms with Crippen LogP contribution in [0.25, 0.3) is 10.9 Å². The monoisotopic (exact) mass is 291 g/mol. The second-order valence-corrected chi connectivity index (χ2v) is 6.12. The summed E-state index contributed by atoms with van der Waals surface area (Å²) >= 11 is 0. The summed E-state index contributed by atoms with van der Waals surface area (Å²) in [5.74, 6) is 0.939. The van der Waals surface area contributed by atoms with Gasteiger partial charge >= 0.3 is 6.09 Å². The molecule has 0 aliphatic rings. The highest BCUT2D eigenvalue weighted by Crippen LogP contribution is 2.26. The predicted octanol–water partition coefficient (Wildman–Crippen LogP) is 3.19. The lowest BCUT2D eigenvalue weighted by Gasteiger charge is -2.19. The minimum atomic E-state index is -0.601. The van der Waals surface area contributed by atoms with Gasteiger partial charge in [-0.05, 0) is 46.8 Å². The van der Waals surface area contributed by atoms with Crippen LogP contribution in [0, 0.1) is 0 Å². The maximum atomic E-state index is 12.2. The minimum Gasteiger partial charge on any atom is -0.491 e. The Kier molecular flexibility index (Phi) is 3.80. The van der Waals surface area contributed by atoms with Crippen molar-refractivity contribution in [3.63, 3.8) is 0 Å². The Hall–Kier alpha value is -2.24. The molecule has 0 bridgehead atoms. The van der Waals surface area contributed by atoms with E-state index in [1.54, 1.807) is 39.0 Å². The van der Waals surface area contributed by atoms with Crippen LogP contribution in [-0.4, -0.2) is 27.6 Å². The molecule has 6 heteroatoms. The summed E-state index contributed by atoms with van der Waals surface area (Å²) in [5.41, 5.74) is 5.82. The number of nitrogen functional groups attached to an aromatic ring is 1. The molecule has 2 N–H and O–H groups in total. The number of carbonyl (C=O) groups is 1. The van der Waals surface area contributed by atoms with Gasteiger partial charge in [0.1, 0.15) is 11.4 Å². The molecule has 0 unspecified atom stereocenters. The number of carbonyl (C=O) groups excluding carboxylic acids is 1. The number of nitrogens with zero attached hydrogens (tertiary/aromatic N) is 2. The van der Waals surface area contributed by atoms with Gasteiger partial charge in [0.15, 0.2) is 5.82 Å². The van der Waals surface area contributed by atoms with Crippen LogP contribution in [0.3, 0.4) is 0 Å². The van der Waals surface area contributed by atoms with Gasteiger partial charge < -0.3 is 15.2 Å². The fourth-order valence-electron chi connectivity index (χ4n) is 1.91. The summed E-state index contributed by atoms with van der Waals surface area (Å²) < 4.78 is 12.1. The highest BCUT2D eigenvalue weighted by atomic mass is 16.6. The van der Waals surface area contributed by atoms with Gasteiger partial charge in [0.2, 0.25) is 0 Å². The number of benzene rings is 1. The Morgan fingerprint density at radius 2 is 2.00 bits per heavy atom. The van der Waals surface area contributed by atoms with E-state index in [4.69, 9.17) is 15.2 Å². The molecule has 6 nitrogen and oxygen atoms in total. The van der Waals surface area contributed by atoms with Crippen molar-refractivity contribution in [2.24, 2.45) is 0 Å². The van der Waals surface area contributed by atoms with Crippen molar-refractivity contribution in [3.8, 4) is 5.75 Å². The third-order valence-corrected chi connectivity index (χ3v) is 2.62. The fourth-order valence-corrected chi connectivity index (χ4v) is 1.91. The van der Waals surface area contributed by atoms with Crippen molar-refractivity contribution in [1.29, 1.82) is 0 Å². The SMILES string of the molecule is CC(C)Oc1ccc2c(N)nn(C(=O)OC(C)(C)C)c2c1. The zero-order chi connectivity index (χ0) is 15.8. The van der Waals surface area contributed by atoms with Crippen LogP contribution >= 0.6 is 0 Å². The molecule has 1 heterocycles. The molecule has 0 saturated heterocycles. The van der Waals surface area contributed by atoms with Crippen LogP contribution in [-0.2, 0) is 4.74 Å². The molecular weight excluding hydrogens is 270 g/mol. The first-order valence-electron chi connectivity index (χ1n) is 6.85. The van der Waals surface area contributed by atoms with Crippen molar-refractivity contribution in [1.82, 2.24) is 9.78 Å². The van der Waals surface area contributed by atoms with Crippen LogP contribution in [0.5, 0.6) is 5.75 Å². The number of hydrogen-bond acceptors (Lipinski definition) is 5. The van der Waals surface area contributed by atoms with Crippen LogP contribution < -0.4 is 10.5 Å². The van der Waals surface area contributed by atoms with E-state index in [0.717, 1.165) is 0 Å². The second-order valence-electron chi connectivity index (χ2n) is 6.12. The zero-order valence-electron chi connectivity index (χ0n) is 13.0. The largest absolute Gasteiger partial charge is 0.491 e. The maximum absolute atomic E-state index is 12.2. The molecular formula is C15H21N3O3. The van der Waals surface area contributed by atoms with Crippen LogP contribution in [0.15, 0.2) is 18.2 Å². The van der Waals surface area contributed by atoms with E-state index >= 15 is 0 Å². The van der Waals surface area contributed by atoms with E-state index < -0.39 is 11.7 Å². The molecule has 0 saturated carbocycles. The van der Waals surface area contributed by atoms with Crippen LogP contribution in [0.4, 0.5) is 10.6 Å². The maximum Gasteiger partial charge on any atom is 0.435 e. The summed E-state index contributed by atoms with van der Waals surface area (Å²) in [7, 11) is 0. The second kappa shape index (κ2) is 5.27. The van der Waals surface area contributed by atoms with E-state index in [2.05, 4.69) is 5.10 Å².